The van der Waals surface area contributed by atoms with E-state index in [1.165, 1.54) is 23.7 Å². The summed E-state index contributed by atoms with van der Waals surface area (Å²) < 4.78 is 11.1. The lowest BCUT2D eigenvalue weighted by molar-refractivity contribution is -0.124. The SMILES string of the molecule is CCOc1cc(/C=C2/SC(=Nc3ccccc3CC)N(C3CCCCC3)C2=O)ccc1OC. The average molecular weight is 465 g/mol. The van der Waals surface area contributed by atoms with Crippen LogP contribution in [0.4, 0.5) is 5.69 Å². The first-order valence-corrected chi connectivity index (χ1v) is 12.7. The number of ether oxygens (including phenoxy) is 2. The number of amidine groups is 1. The summed E-state index contributed by atoms with van der Waals surface area (Å²) in [5.74, 6) is 1.42. The Hall–Kier alpha value is -2.73. The molecule has 2 aromatic rings. The molecule has 0 aromatic heterocycles. The van der Waals surface area contributed by atoms with Gasteiger partial charge in [0, 0.05) is 6.04 Å². The van der Waals surface area contributed by atoms with Crippen LogP contribution in [-0.2, 0) is 11.2 Å². The van der Waals surface area contributed by atoms with Crippen LogP contribution in [0.15, 0.2) is 52.4 Å². The first kappa shape index (κ1) is 23.4. The maximum absolute atomic E-state index is 13.6. The number of hydrogen-bond donors (Lipinski definition) is 0. The molecule has 1 saturated heterocycles. The molecule has 1 saturated carbocycles. The van der Waals surface area contributed by atoms with Crippen molar-refractivity contribution >= 4 is 34.6 Å². The molecule has 0 spiro atoms. The first-order chi connectivity index (χ1) is 16.1. The topological polar surface area (TPSA) is 51.1 Å². The molecule has 0 N–H and O–H groups in total. The van der Waals surface area contributed by atoms with Gasteiger partial charge in [0.25, 0.3) is 5.91 Å². The van der Waals surface area contributed by atoms with E-state index in [1.807, 2.05) is 54.3 Å². The summed E-state index contributed by atoms with van der Waals surface area (Å²) in [5, 5.41) is 0.789. The van der Waals surface area contributed by atoms with Crippen LogP contribution in [0.25, 0.3) is 6.08 Å². The van der Waals surface area contributed by atoms with Crippen molar-refractivity contribution in [2.75, 3.05) is 13.7 Å². The molecule has 4 rings (SSSR count). The minimum atomic E-state index is 0.0495. The number of para-hydroxylation sites is 1. The molecule has 1 amide bonds. The quantitative estimate of drug-likeness (QED) is 0.434. The maximum Gasteiger partial charge on any atom is 0.267 e. The Labute approximate surface area is 200 Å². The molecule has 2 aliphatic rings. The molecule has 2 fully saturated rings. The molecule has 0 radical (unpaired) electrons. The van der Waals surface area contributed by atoms with Gasteiger partial charge in [0.05, 0.1) is 24.3 Å². The lowest BCUT2D eigenvalue weighted by Crippen LogP contribution is -2.40. The Morgan fingerprint density at radius 3 is 2.61 bits per heavy atom. The Balaban J connectivity index is 1.71. The molecule has 33 heavy (non-hydrogen) atoms. The number of carbonyl (C=O) groups excluding carboxylic acids is 1. The molecule has 1 aliphatic heterocycles. The van der Waals surface area contributed by atoms with Gasteiger partial charge in [-0.25, -0.2) is 4.99 Å². The van der Waals surface area contributed by atoms with E-state index in [0.717, 1.165) is 48.5 Å². The van der Waals surface area contributed by atoms with Gasteiger partial charge in [-0.15, -0.1) is 0 Å². The van der Waals surface area contributed by atoms with E-state index in [0.29, 0.717) is 23.0 Å². The van der Waals surface area contributed by atoms with Crippen LogP contribution < -0.4 is 9.47 Å². The van der Waals surface area contributed by atoms with E-state index in [2.05, 4.69) is 13.0 Å². The number of methoxy groups -OCH3 is 1. The van der Waals surface area contributed by atoms with Gasteiger partial charge < -0.3 is 9.47 Å². The fourth-order valence-corrected chi connectivity index (χ4v) is 5.50. The lowest BCUT2D eigenvalue weighted by Gasteiger charge is -2.30. The number of amides is 1. The third-order valence-corrected chi connectivity index (χ3v) is 7.13. The van der Waals surface area contributed by atoms with Crippen molar-refractivity contribution in [3.05, 3.63) is 58.5 Å². The Bertz CT molecular complexity index is 1060. The summed E-state index contributed by atoms with van der Waals surface area (Å²) >= 11 is 1.47. The molecule has 1 aliphatic carbocycles. The maximum atomic E-state index is 13.6. The molecule has 174 valence electrons. The molecule has 0 unspecified atom stereocenters. The number of nitrogens with zero attached hydrogens (tertiary/aromatic N) is 2. The number of rotatable bonds is 7. The molecule has 2 aromatic carbocycles. The second-order valence-corrected chi connectivity index (χ2v) is 9.31. The van der Waals surface area contributed by atoms with Crippen molar-refractivity contribution in [3.63, 3.8) is 0 Å². The van der Waals surface area contributed by atoms with E-state index >= 15 is 0 Å². The highest BCUT2D eigenvalue weighted by molar-refractivity contribution is 8.18. The zero-order valence-corrected chi connectivity index (χ0v) is 20.5. The molecular weight excluding hydrogens is 432 g/mol. The second kappa shape index (κ2) is 10.9. The van der Waals surface area contributed by atoms with Gasteiger partial charge >= 0.3 is 0 Å². The minimum absolute atomic E-state index is 0.0495. The second-order valence-electron chi connectivity index (χ2n) is 8.30. The molecule has 1 heterocycles. The number of hydrogen-bond acceptors (Lipinski definition) is 5. The number of benzene rings is 2. The van der Waals surface area contributed by atoms with Crippen LogP contribution in [0.5, 0.6) is 11.5 Å². The third-order valence-electron chi connectivity index (χ3n) is 6.15. The largest absolute Gasteiger partial charge is 0.493 e. The minimum Gasteiger partial charge on any atom is -0.493 e. The van der Waals surface area contributed by atoms with Crippen molar-refractivity contribution in [1.29, 1.82) is 0 Å². The summed E-state index contributed by atoms with van der Waals surface area (Å²) in [5.41, 5.74) is 3.05. The van der Waals surface area contributed by atoms with Gasteiger partial charge in [0.15, 0.2) is 16.7 Å². The molecule has 6 heteroatoms. The monoisotopic (exact) mass is 464 g/mol. The molecular formula is C27H32N2O3S. The van der Waals surface area contributed by atoms with Crippen LogP contribution >= 0.6 is 11.8 Å². The summed E-state index contributed by atoms with van der Waals surface area (Å²) in [6.07, 6.45) is 8.48. The van der Waals surface area contributed by atoms with Crippen LogP contribution in [0.2, 0.25) is 0 Å². The highest BCUT2D eigenvalue weighted by Crippen LogP contribution is 2.39. The summed E-state index contributed by atoms with van der Waals surface area (Å²) in [7, 11) is 1.63. The van der Waals surface area contributed by atoms with Crippen molar-refractivity contribution < 1.29 is 14.3 Å². The van der Waals surface area contributed by atoms with Crippen molar-refractivity contribution in [2.45, 2.75) is 58.4 Å². The van der Waals surface area contributed by atoms with Gasteiger partial charge in [-0.1, -0.05) is 50.5 Å². The van der Waals surface area contributed by atoms with Gasteiger partial charge in [-0.05, 0) is 73.4 Å². The summed E-state index contributed by atoms with van der Waals surface area (Å²) in [4.78, 5) is 21.2. The molecule has 5 nitrogen and oxygen atoms in total. The van der Waals surface area contributed by atoms with Crippen LogP contribution in [0.1, 0.15) is 57.1 Å². The Morgan fingerprint density at radius 2 is 1.88 bits per heavy atom. The van der Waals surface area contributed by atoms with E-state index < -0.39 is 0 Å². The normalized spacial score (nSPS) is 19.5. The summed E-state index contributed by atoms with van der Waals surface area (Å²) in [6, 6.07) is 14.2. The number of carbonyl (C=O) groups is 1. The fourth-order valence-electron chi connectivity index (χ4n) is 4.45. The predicted molar refractivity (Wildman–Crippen MR) is 136 cm³/mol. The van der Waals surface area contributed by atoms with Crippen molar-refractivity contribution in [1.82, 2.24) is 4.90 Å². The van der Waals surface area contributed by atoms with Crippen molar-refractivity contribution in [2.24, 2.45) is 4.99 Å². The average Bonchev–Trinajstić information content (AvgIpc) is 3.14. The van der Waals surface area contributed by atoms with Crippen molar-refractivity contribution in [3.8, 4) is 11.5 Å². The van der Waals surface area contributed by atoms with Crippen LogP contribution in [-0.4, -0.2) is 35.7 Å². The van der Waals surface area contributed by atoms with Gasteiger partial charge in [-0.3, -0.25) is 9.69 Å². The number of aliphatic imine (C=N–C) groups is 1. The zero-order valence-electron chi connectivity index (χ0n) is 19.7. The number of aryl methyl sites for hydroxylation is 1. The Morgan fingerprint density at radius 1 is 1.09 bits per heavy atom. The van der Waals surface area contributed by atoms with Crippen LogP contribution in [0, 0.1) is 0 Å². The highest BCUT2D eigenvalue weighted by atomic mass is 32.2. The Kier molecular flexibility index (Phi) is 7.76. The van der Waals surface area contributed by atoms with E-state index in [9.17, 15) is 4.79 Å². The lowest BCUT2D eigenvalue weighted by atomic mass is 9.94. The fraction of sp³-hybridized carbons (Fsp3) is 0.407. The van der Waals surface area contributed by atoms with Crippen LogP contribution in [0.3, 0.4) is 0 Å². The summed E-state index contributed by atoms with van der Waals surface area (Å²) in [6.45, 7) is 4.63. The van der Waals surface area contributed by atoms with Gasteiger partial charge in [0.1, 0.15) is 0 Å². The van der Waals surface area contributed by atoms with Gasteiger partial charge in [0.2, 0.25) is 0 Å². The van der Waals surface area contributed by atoms with E-state index in [-0.39, 0.29) is 11.9 Å². The third kappa shape index (κ3) is 5.27. The first-order valence-electron chi connectivity index (χ1n) is 11.8. The highest BCUT2D eigenvalue weighted by Gasteiger charge is 2.38. The van der Waals surface area contributed by atoms with E-state index in [1.54, 1.807) is 7.11 Å². The smallest absolute Gasteiger partial charge is 0.267 e. The molecule has 0 bridgehead atoms. The predicted octanol–water partition coefficient (Wildman–Crippen LogP) is 6.59. The molecule has 0 atom stereocenters. The standard InChI is InChI=1S/C27H32N2O3S/c1-4-20-11-9-10-14-22(20)28-27-29(21-12-7-6-8-13-21)26(30)25(33-27)18-19-15-16-23(31-3)24(17-19)32-5-2/h9-11,14-18,21H,4-8,12-13H2,1-3H3/b25-18+,28-27?. The van der Waals surface area contributed by atoms with Gasteiger partial charge in [-0.2, -0.15) is 0 Å². The number of thioether (sulfide) groups is 1. The van der Waals surface area contributed by atoms with E-state index in [4.69, 9.17) is 14.5 Å². The zero-order chi connectivity index (χ0) is 23.2.